The molecule has 0 aromatic carbocycles. The maximum absolute atomic E-state index is 12.3. The predicted octanol–water partition coefficient (Wildman–Crippen LogP) is 2.95. The van der Waals surface area contributed by atoms with Gasteiger partial charge >= 0.3 is 6.98 Å². The maximum atomic E-state index is 12.3. The molecule has 2 rings (SSSR count). The molecule has 1 amide bonds. The zero-order valence-electron chi connectivity index (χ0n) is 9.93. The van der Waals surface area contributed by atoms with Gasteiger partial charge in [-0.05, 0) is 31.1 Å². The van der Waals surface area contributed by atoms with Crippen molar-refractivity contribution in [2.45, 2.75) is 44.9 Å². The Morgan fingerprint density at radius 2 is 1.76 bits per heavy atom. The maximum Gasteiger partial charge on any atom is 0.497 e. The molecular formula is C11H18BF3NO-. The summed E-state index contributed by atoms with van der Waals surface area (Å²) in [6.45, 7) is -4.60. The number of carbonyl (C=O) groups excluding carboxylic acids is 1. The fourth-order valence-corrected chi connectivity index (χ4v) is 3.19. The van der Waals surface area contributed by atoms with Crippen molar-refractivity contribution in [2.75, 3.05) is 13.0 Å². The quantitative estimate of drug-likeness (QED) is 0.688. The van der Waals surface area contributed by atoms with Crippen molar-refractivity contribution >= 4 is 12.9 Å². The second-order valence-corrected chi connectivity index (χ2v) is 5.54. The molecule has 1 aliphatic heterocycles. The molecule has 2 fully saturated rings. The van der Waals surface area contributed by atoms with Crippen LogP contribution in [-0.2, 0) is 4.79 Å². The van der Waals surface area contributed by atoms with E-state index in [9.17, 15) is 17.7 Å². The molecule has 1 saturated carbocycles. The van der Waals surface area contributed by atoms with Crippen LogP contribution in [0.5, 0.6) is 0 Å². The number of carbonyl (C=O) groups is 1. The first kappa shape index (κ1) is 12.8. The van der Waals surface area contributed by atoms with E-state index < -0.39 is 13.4 Å². The van der Waals surface area contributed by atoms with E-state index in [0.717, 1.165) is 37.0 Å². The van der Waals surface area contributed by atoms with E-state index in [-0.39, 0.29) is 11.3 Å². The number of piperidine rings is 1. The third-order valence-electron chi connectivity index (χ3n) is 4.13. The highest BCUT2D eigenvalue weighted by atomic mass is 19.4. The Labute approximate surface area is 99.6 Å². The van der Waals surface area contributed by atoms with Crippen LogP contribution in [0, 0.1) is 5.41 Å². The summed E-state index contributed by atoms with van der Waals surface area (Å²) in [5.41, 5.74) is 0.0322. The van der Waals surface area contributed by atoms with Crippen molar-refractivity contribution in [3.8, 4) is 0 Å². The predicted molar refractivity (Wildman–Crippen MR) is 60.4 cm³/mol. The zero-order valence-corrected chi connectivity index (χ0v) is 9.93. The fraction of sp³-hybridized carbons (Fsp3) is 0.909. The van der Waals surface area contributed by atoms with Gasteiger partial charge < -0.3 is 17.8 Å². The highest BCUT2D eigenvalue weighted by molar-refractivity contribution is 6.58. The SMILES string of the molecule is O=C1CC2(CCCCC2)CCN1C[B-](F)(F)F. The molecule has 2 aliphatic rings. The number of likely N-dealkylation sites (tertiary alicyclic amines) is 1. The number of hydrogen-bond donors (Lipinski definition) is 0. The first-order valence-electron chi connectivity index (χ1n) is 6.39. The molecule has 1 heterocycles. The lowest BCUT2D eigenvalue weighted by Crippen LogP contribution is -2.49. The highest BCUT2D eigenvalue weighted by Crippen LogP contribution is 2.45. The first-order chi connectivity index (χ1) is 7.90. The summed E-state index contributed by atoms with van der Waals surface area (Å²) in [5, 5.41) is 0. The van der Waals surface area contributed by atoms with Gasteiger partial charge in [0.25, 0.3) is 0 Å². The van der Waals surface area contributed by atoms with Crippen LogP contribution in [0.15, 0.2) is 0 Å². The van der Waals surface area contributed by atoms with Gasteiger partial charge in [-0.1, -0.05) is 19.3 Å². The Kier molecular flexibility index (Phi) is 3.41. The molecule has 1 saturated heterocycles. The van der Waals surface area contributed by atoms with Crippen LogP contribution >= 0.6 is 0 Å². The van der Waals surface area contributed by atoms with Gasteiger partial charge in [0.2, 0.25) is 5.91 Å². The Balaban J connectivity index is 1.95. The number of amides is 1. The molecule has 0 aromatic rings. The van der Waals surface area contributed by atoms with Gasteiger partial charge in [0.1, 0.15) is 0 Å². The summed E-state index contributed by atoms with van der Waals surface area (Å²) in [4.78, 5) is 12.8. The van der Waals surface area contributed by atoms with Gasteiger partial charge in [0.05, 0.1) is 0 Å². The number of halogens is 3. The molecule has 17 heavy (non-hydrogen) atoms. The van der Waals surface area contributed by atoms with Gasteiger partial charge in [0, 0.05) is 13.0 Å². The molecule has 0 aromatic heterocycles. The van der Waals surface area contributed by atoms with Crippen LogP contribution in [0.3, 0.4) is 0 Å². The van der Waals surface area contributed by atoms with Crippen molar-refractivity contribution in [1.29, 1.82) is 0 Å². The lowest BCUT2D eigenvalue weighted by Gasteiger charge is -2.44. The monoisotopic (exact) mass is 248 g/mol. The molecule has 6 heteroatoms. The van der Waals surface area contributed by atoms with E-state index in [1.54, 1.807) is 0 Å². The van der Waals surface area contributed by atoms with E-state index >= 15 is 0 Å². The van der Waals surface area contributed by atoms with Crippen LogP contribution < -0.4 is 0 Å². The Hall–Kier alpha value is -0.675. The third kappa shape index (κ3) is 3.16. The minimum absolute atomic E-state index is 0.0322. The lowest BCUT2D eigenvalue weighted by atomic mass is 9.67. The molecular weight excluding hydrogens is 230 g/mol. The molecule has 0 radical (unpaired) electrons. The molecule has 0 unspecified atom stereocenters. The zero-order chi connectivity index (χ0) is 12.5. The molecule has 0 bridgehead atoms. The fourth-order valence-electron chi connectivity index (χ4n) is 3.19. The van der Waals surface area contributed by atoms with Crippen LogP contribution in [0.1, 0.15) is 44.9 Å². The van der Waals surface area contributed by atoms with Gasteiger partial charge in [-0.25, -0.2) is 0 Å². The second-order valence-electron chi connectivity index (χ2n) is 5.54. The topological polar surface area (TPSA) is 20.3 Å². The molecule has 98 valence electrons. The van der Waals surface area contributed by atoms with Crippen molar-refractivity contribution in [3.05, 3.63) is 0 Å². The van der Waals surface area contributed by atoms with Crippen LogP contribution in [-0.4, -0.2) is 30.8 Å². The molecule has 1 aliphatic carbocycles. The summed E-state index contributed by atoms with van der Waals surface area (Å²) in [6.07, 6.45) is 5.55. The van der Waals surface area contributed by atoms with Crippen molar-refractivity contribution in [2.24, 2.45) is 5.41 Å². The molecule has 0 N–H and O–H groups in total. The van der Waals surface area contributed by atoms with Gasteiger partial charge in [-0.3, -0.25) is 4.79 Å². The van der Waals surface area contributed by atoms with Gasteiger partial charge in [-0.2, -0.15) is 0 Å². The summed E-state index contributed by atoms with van der Waals surface area (Å²) < 4.78 is 36.9. The highest BCUT2D eigenvalue weighted by Gasteiger charge is 2.41. The number of nitrogens with zero attached hydrogens (tertiary/aromatic N) is 1. The summed E-state index contributed by atoms with van der Waals surface area (Å²) in [5.74, 6) is -0.294. The molecule has 0 atom stereocenters. The van der Waals surface area contributed by atoms with Crippen LogP contribution in [0.4, 0.5) is 12.9 Å². The van der Waals surface area contributed by atoms with Crippen molar-refractivity contribution in [1.82, 2.24) is 4.90 Å². The number of rotatable bonds is 2. The summed E-state index contributed by atoms with van der Waals surface area (Å²) in [6, 6.07) is 0. The third-order valence-corrected chi connectivity index (χ3v) is 4.13. The van der Waals surface area contributed by atoms with E-state index in [2.05, 4.69) is 0 Å². The van der Waals surface area contributed by atoms with E-state index in [1.165, 1.54) is 6.42 Å². The standard InChI is InChI=1S/C11H18BF3NO/c13-12(14,15)9-16-7-6-11(8-10(16)17)4-2-1-3-5-11/h1-9H2/q-1. The largest absolute Gasteiger partial charge is 0.497 e. The molecule has 1 spiro atoms. The Morgan fingerprint density at radius 3 is 2.29 bits per heavy atom. The van der Waals surface area contributed by atoms with Crippen molar-refractivity contribution in [3.63, 3.8) is 0 Å². The van der Waals surface area contributed by atoms with Crippen molar-refractivity contribution < 1.29 is 17.7 Å². The average Bonchev–Trinajstić information content (AvgIpc) is 2.22. The smallest absolute Gasteiger partial charge is 0.448 e. The Bertz CT molecular complexity index is 300. The Morgan fingerprint density at radius 1 is 1.12 bits per heavy atom. The van der Waals surface area contributed by atoms with E-state index in [0.29, 0.717) is 13.0 Å². The summed E-state index contributed by atoms with van der Waals surface area (Å²) >= 11 is 0. The van der Waals surface area contributed by atoms with Gasteiger partial charge in [0.15, 0.2) is 0 Å². The van der Waals surface area contributed by atoms with Crippen LogP contribution in [0.2, 0.25) is 0 Å². The molecule has 2 nitrogen and oxygen atoms in total. The van der Waals surface area contributed by atoms with Crippen LogP contribution in [0.25, 0.3) is 0 Å². The van der Waals surface area contributed by atoms with E-state index in [4.69, 9.17) is 0 Å². The lowest BCUT2D eigenvalue weighted by molar-refractivity contribution is -0.138. The average molecular weight is 248 g/mol. The normalized spacial score (nSPS) is 25.4. The first-order valence-corrected chi connectivity index (χ1v) is 6.39. The summed E-state index contributed by atoms with van der Waals surface area (Å²) in [7, 11) is 0. The minimum atomic E-state index is -4.89. The number of hydrogen-bond acceptors (Lipinski definition) is 1. The second kappa shape index (κ2) is 4.54. The van der Waals surface area contributed by atoms with E-state index in [1.807, 2.05) is 0 Å². The minimum Gasteiger partial charge on any atom is -0.448 e. The van der Waals surface area contributed by atoms with Gasteiger partial charge in [-0.15, -0.1) is 0 Å².